The highest BCUT2D eigenvalue weighted by Crippen LogP contribution is 2.35. The second kappa shape index (κ2) is 11.6. The van der Waals surface area contributed by atoms with Crippen LogP contribution < -0.4 is 14.8 Å². The Morgan fingerprint density at radius 2 is 2.09 bits per heavy atom. The zero-order chi connectivity index (χ0) is 22.9. The van der Waals surface area contributed by atoms with Crippen LogP contribution in [0.4, 0.5) is 4.79 Å². The molecule has 0 unspecified atom stereocenters. The van der Waals surface area contributed by atoms with Gasteiger partial charge in [0.1, 0.15) is 13.2 Å². The normalized spacial score (nSPS) is 14.9. The summed E-state index contributed by atoms with van der Waals surface area (Å²) in [5, 5.41) is 4.89. The number of urea groups is 1. The van der Waals surface area contributed by atoms with Gasteiger partial charge in [-0.2, -0.15) is 0 Å². The van der Waals surface area contributed by atoms with Crippen LogP contribution in [-0.4, -0.2) is 61.6 Å². The molecule has 0 saturated heterocycles. The molecule has 7 nitrogen and oxygen atoms in total. The summed E-state index contributed by atoms with van der Waals surface area (Å²) in [6.07, 6.45) is 3.26. The van der Waals surface area contributed by atoms with Gasteiger partial charge in [-0.1, -0.05) is 25.1 Å². The molecule has 3 rings (SSSR count). The smallest absolute Gasteiger partial charge is 0.318 e. The van der Waals surface area contributed by atoms with E-state index in [1.54, 1.807) is 24.5 Å². The Balaban J connectivity index is 1.76. The minimum Gasteiger partial charge on any atom is -0.493 e. The second-order valence-corrected chi connectivity index (χ2v) is 8.52. The first-order valence-corrected chi connectivity index (χ1v) is 11.7. The molecule has 32 heavy (non-hydrogen) atoms. The first kappa shape index (κ1) is 23.7. The summed E-state index contributed by atoms with van der Waals surface area (Å²) >= 11 is 1.70. The summed E-state index contributed by atoms with van der Waals surface area (Å²) in [7, 11) is 1.60. The molecule has 1 aromatic heterocycles. The molecule has 1 aliphatic rings. The summed E-state index contributed by atoms with van der Waals surface area (Å²) in [6, 6.07) is 9.05. The molecule has 1 atom stereocenters. The Morgan fingerprint density at radius 3 is 2.81 bits per heavy atom. The van der Waals surface area contributed by atoms with Crippen molar-refractivity contribution in [1.82, 2.24) is 15.1 Å². The standard InChI is InChI=1S/C24H31N3O4S/c1-4-12-25-24(29)26(13-5-2)16-23(28)27-14-10-22-18(11-15-32-22)19(27)17-31-21-9-7-6-8-20(21)30-3/h5-9,11,15,19H,2,4,10,12-14,16-17H2,1,3H3,(H,25,29)/t19-/m0/s1. The van der Waals surface area contributed by atoms with Crippen molar-refractivity contribution < 1.29 is 19.1 Å². The van der Waals surface area contributed by atoms with Crippen molar-refractivity contribution in [2.24, 2.45) is 0 Å². The van der Waals surface area contributed by atoms with Gasteiger partial charge in [0.05, 0.1) is 13.2 Å². The van der Waals surface area contributed by atoms with Crippen molar-refractivity contribution >= 4 is 23.3 Å². The minimum atomic E-state index is -0.254. The molecule has 2 aromatic rings. The Labute approximate surface area is 193 Å². The number of thiophene rings is 1. The number of amides is 3. The maximum Gasteiger partial charge on any atom is 0.318 e. The summed E-state index contributed by atoms with van der Waals surface area (Å²) in [5.74, 6) is 1.18. The van der Waals surface area contributed by atoms with Gasteiger partial charge < -0.3 is 24.6 Å². The fourth-order valence-corrected chi connectivity index (χ4v) is 4.68. The first-order chi connectivity index (χ1) is 15.6. The maximum absolute atomic E-state index is 13.3. The van der Waals surface area contributed by atoms with Crippen LogP contribution in [0.3, 0.4) is 0 Å². The lowest BCUT2D eigenvalue weighted by molar-refractivity contribution is -0.135. The molecule has 0 aliphatic carbocycles. The Bertz CT molecular complexity index is 929. The van der Waals surface area contributed by atoms with E-state index in [1.165, 1.54) is 9.78 Å². The summed E-state index contributed by atoms with van der Waals surface area (Å²) in [4.78, 5) is 30.4. The van der Waals surface area contributed by atoms with E-state index in [-0.39, 0.29) is 24.5 Å². The number of ether oxygens (including phenoxy) is 2. The number of hydrogen-bond donors (Lipinski definition) is 1. The van der Waals surface area contributed by atoms with Gasteiger partial charge in [0, 0.05) is 24.5 Å². The van der Waals surface area contributed by atoms with E-state index in [2.05, 4.69) is 23.3 Å². The molecule has 0 bridgehead atoms. The van der Waals surface area contributed by atoms with Crippen LogP contribution in [0.1, 0.15) is 29.8 Å². The van der Waals surface area contributed by atoms with Gasteiger partial charge >= 0.3 is 6.03 Å². The van der Waals surface area contributed by atoms with E-state index in [4.69, 9.17) is 9.47 Å². The molecule has 8 heteroatoms. The van der Waals surface area contributed by atoms with Gasteiger partial charge in [0.25, 0.3) is 0 Å². The van der Waals surface area contributed by atoms with Crippen LogP contribution in [-0.2, 0) is 11.2 Å². The van der Waals surface area contributed by atoms with Gasteiger partial charge in [-0.15, -0.1) is 17.9 Å². The number of benzene rings is 1. The summed E-state index contributed by atoms with van der Waals surface area (Å²) in [6.45, 7) is 7.47. The first-order valence-electron chi connectivity index (χ1n) is 10.8. The molecular formula is C24H31N3O4S. The van der Waals surface area contributed by atoms with E-state index in [9.17, 15) is 9.59 Å². The van der Waals surface area contributed by atoms with Crippen molar-refractivity contribution in [3.05, 3.63) is 58.8 Å². The average molecular weight is 458 g/mol. The number of carbonyl (C=O) groups is 2. The van der Waals surface area contributed by atoms with Gasteiger partial charge in [0.2, 0.25) is 5.91 Å². The van der Waals surface area contributed by atoms with Crippen molar-refractivity contribution in [3.63, 3.8) is 0 Å². The van der Waals surface area contributed by atoms with E-state index >= 15 is 0 Å². The second-order valence-electron chi connectivity index (χ2n) is 7.52. The number of para-hydroxylation sites is 2. The number of hydrogen-bond acceptors (Lipinski definition) is 5. The summed E-state index contributed by atoms with van der Waals surface area (Å²) < 4.78 is 11.5. The van der Waals surface area contributed by atoms with Crippen molar-refractivity contribution in [2.45, 2.75) is 25.8 Å². The van der Waals surface area contributed by atoms with Gasteiger partial charge in [-0.3, -0.25) is 4.79 Å². The zero-order valence-electron chi connectivity index (χ0n) is 18.7. The highest BCUT2D eigenvalue weighted by atomic mass is 32.1. The SMILES string of the molecule is C=CCN(CC(=O)N1CCc2sccc2[C@@H]1COc1ccccc1OC)C(=O)NCCC. The number of methoxy groups -OCH3 is 1. The quantitative estimate of drug-likeness (QED) is 0.550. The van der Waals surface area contributed by atoms with Gasteiger partial charge in [-0.25, -0.2) is 4.79 Å². The van der Waals surface area contributed by atoms with Crippen LogP contribution in [0.25, 0.3) is 0 Å². The van der Waals surface area contributed by atoms with Gasteiger partial charge in [0.15, 0.2) is 11.5 Å². The highest BCUT2D eigenvalue weighted by Gasteiger charge is 2.33. The number of carbonyl (C=O) groups excluding carboxylic acids is 2. The molecule has 0 fully saturated rings. The van der Waals surface area contributed by atoms with Crippen LogP contribution in [0, 0.1) is 0 Å². The lowest BCUT2D eigenvalue weighted by atomic mass is 10.0. The number of rotatable bonds is 10. The Kier molecular flexibility index (Phi) is 8.56. The minimum absolute atomic E-state index is 0.00774. The fraction of sp³-hybridized carbons (Fsp3) is 0.417. The van der Waals surface area contributed by atoms with Crippen molar-refractivity contribution in [2.75, 3.05) is 39.9 Å². The zero-order valence-corrected chi connectivity index (χ0v) is 19.5. The van der Waals surface area contributed by atoms with E-state index in [1.807, 2.05) is 36.1 Å². The predicted octanol–water partition coefficient (Wildman–Crippen LogP) is 3.87. The molecule has 0 spiro atoms. The highest BCUT2D eigenvalue weighted by molar-refractivity contribution is 7.10. The van der Waals surface area contributed by atoms with Gasteiger partial charge in [-0.05, 0) is 42.0 Å². The maximum atomic E-state index is 13.3. The topological polar surface area (TPSA) is 71.1 Å². The lowest BCUT2D eigenvalue weighted by Crippen LogP contribution is -2.50. The van der Waals surface area contributed by atoms with E-state index in [0.29, 0.717) is 37.7 Å². The van der Waals surface area contributed by atoms with E-state index in [0.717, 1.165) is 18.4 Å². The Hall–Kier alpha value is -3.00. The summed E-state index contributed by atoms with van der Waals surface area (Å²) in [5.41, 5.74) is 1.11. The number of nitrogens with zero attached hydrogens (tertiary/aromatic N) is 2. The monoisotopic (exact) mass is 457 g/mol. The van der Waals surface area contributed by atoms with Crippen molar-refractivity contribution in [3.8, 4) is 11.5 Å². The molecule has 0 radical (unpaired) electrons. The van der Waals surface area contributed by atoms with E-state index < -0.39 is 0 Å². The molecule has 2 heterocycles. The largest absolute Gasteiger partial charge is 0.493 e. The van der Waals surface area contributed by atoms with Crippen LogP contribution in [0.15, 0.2) is 48.4 Å². The third-order valence-electron chi connectivity index (χ3n) is 5.37. The molecule has 3 amide bonds. The molecule has 172 valence electrons. The third-order valence-corrected chi connectivity index (χ3v) is 6.37. The molecule has 1 N–H and O–H groups in total. The average Bonchev–Trinajstić information content (AvgIpc) is 3.30. The number of nitrogens with one attached hydrogen (secondary N) is 1. The third kappa shape index (κ3) is 5.62. The molecule has 0 saturated carbocycles. The molecular weight excluding hydrogens is 426 g/mol. The van der Waals surface area contributed by atoms with Crippen molar-refractivity contribution in [1.29, 1.82) is 0 Å². The predicted molar refractivity (Wildman–Crippen MR) is 126 cm³/mol. The lowest BCUT2D eigenvalue weighted by Gasteiger charge is -2.37. The Morgan fingerprint density at radius 1 is 1.31 bits per heavy atom. The van der Waals surface area contributed by atoms with Crippen LogP contribution >= 0.6 is 11.3 Å². The van der Waals surface area contributed by atoms with Crippen LogP contribution in [0.2, 0.25) is 0 Å². The molecule has 1 aromatic carbocycles. The van der Waals surface area contributed by atoms with Crippen LogP contribution in [0.5, 0.6) is 11.5 Å². The fourth-order valence-electron chi connectivity index (χ4n) is 3.75. The number of fused-ring (bicyclic) bond motifs is 1. The molecule has 1 aliphatic heterocycles.